The molecule has 1 N–H and O–H groups in total. The van der Waals surface area contributed by atoms with Crippen molar-refractivity contribution in [3.63, 3.8) is 0 Å². The second kappa shape index (κ2) is 9.97. The lowest BCUT2D eigenvalue weighted by atomic mass is 10.1. The smallest absolute Gasteiger partial charge is 0.241 e. The Hall–Kier alpha value is -3.56. The summed E-state index contributed by atoms with van der Waals surface area (Å²) in [6, 6.07) is 14.0. The van der Waals surface area contributed by atoms with Crippen molar-refractivity contribution in [1.29, 1.82) is 0 Å². The van der Waals surface area contributed by atoms with Crippen LogP contribution in [0.5, 0.6) is 0 Å². The van der Waals surface area contributed by atoms with Crippen molar-refractivity contribution < 1.29 is 4.79 Å². The topological polar surface area (TPSA) is 80.7 Å². The first kappa shape index (κ1) is 23.2. The second-order valence-electron chi connectivity index (χ2n) is 9.41. The quantitative estimate of drug-likeness (QED) is 0.534. The molecule has 2 aromatic heterocycles. The van der Waals surface area contributed by atoms with Crippen LogP contribution in [0.25, 0.3) is 11.3 Å². The molecule has 1 aromatic carbocycles. The molecule has 35 heavy (non-hydrogen) atoms. The van der Waals surface area contributed by atoms with E-state index < -0.39 is 0 Å². The summed E-state index contributed by atoms with van der Waals surface area (Å²) < 4.78 is 0. The Balaban J connectivity index is 1.47. The van der Waals surface area contributed by atoms with Crippen LogP contribution in [-0.4, -0.2) is 95.5 Å². The highest BCUT2D eigenvalue weighted by Gasteiger charge is 2.32. The van der Waals surface area contributed by atoms with E-state index in [1.54, 1.807) is 6.20 Å². The Bertz CT molecular complexity index is 1180. The summed E-state index contributed by atoms with van der Waals surface area (Å²) in [5.74, 6) is 1.56. The molecular weight excluding hydrogens is 440 g/mol. The van der Waals surface area contributed by atoms with E-state index >= 15 is 0 Å². The standard InChI is InChI=1S/C26H32N8O/c1-31-13-14-34-17-19-5-4-6-21(15-19)29-26-27-10-9-22(30-26)20-7-8-24(28-16-20)32(2)11-12-33(3)25(35)23(31)18-34/h4-10,15-16,23H,11-14,17-18H2,1-3H3,(H,27,29,30). The van der Waals surface area contributed by atoms with E-state index in [0.717, 1.165) is 42.4 Å². The van der Waals surface area contributed by atoms with E-state index in [-0.39, 0.29) is 11.9 Å². The number of rotatable bonds is 0. The minimum absolute atomic E-state index is 0.153. The van der Waals surface area contributed by atoms with Gasteiger partial charge in [-0.2, -0.15) is 0 Å². The zero-order chi connectivity index (χ0) is 24.4. The van der Waals surface area contributed by atoms with Gasteiger partial charge in [-0.3, -0.25) is 14.6 Å². The molecule has 2 atom stereocenters. The molecule has 0 saturated carbocycles. The van der Waals surface area contributed by atoms with Gasteiger partial charge >= 0.3 is 0 Å². The first-order valence-electron chi connectivity index (χ1n) is 12.0. The third-order valence-electron chi connectivity index (χ3n) is 6.84. The lowest BCUT2D eigenvalue weighted by molar-refractivity contribution is -0.137. The van der Waals surface area contributed by atoms with Gasteiger partial charge in [0, 0.05) is 77.0 Å². The highest BCUT2D eigenvalue weighted by atomic mass is 16.2. The van der Waals surface area contributed by atoms with Crippen LogP contribution in [0, 0.1) is 0 Å². The first-order valence-corrected chi connectivity index (χ1v) is 12.0. The van der Waals surface area contributed by atoms with Gasteiger partial charge in [0.1, 0.15) is 11.9 Å². The number of aromatic nitrogens is 3. The summed E-state index contributed by atoms with van der Waals surface area (Å²) in [6.07, 6.45) is 3.59. The molecule has 9 heteroatoms. The van der Waals surface area contributed by atoms with Gasteiger partial charge in [0.2, 0.25) is 11.9 Å². The van der Waals surface area contributed by atoms with Crippen LogP contribution < -0.4 is 10.2 Å². The molecule has 8 bridgehead atoms. The van der Waals surface area contributed by atoms with Crippen molar-refractivity contribution in [3.05, 3.63) is 60.4 Å². The summed E-state index contributed by atoms with van der Waals surface area (Å²) in [6.45, 7) is 4.62. The van der Waals surface area contributed by atoms with Crippen molar-refractivity contribution in [3.8, 4) is 11.3 Å². The molecule has 0 spiro atoms. The van der Waals surface area contributed by atoms with Crippen LogP contribution >= 0.6 is 0 Å². The molecule has 1 amide bonds. The Labute approximate surface area is 206 Å². The Morgan fingerprint density at radius 2 is 1.80 bits per heavy atom. The Kier molecular flexibility index (Phi) is 6.61. The molecule has 9 nitrogen and oxygen atoms in total. The molecule has 3 aromatic rings. The van der Waals surface area contributed by atoms with E-state index in [2.05, 4.69) is 42.1 Å². The number of hydrogen-bond acceptors (Lipinski definition) is 8. The summed E-state index contributed by atoms with van der Waals surface area (Å²) in [5, 5.41) is 3.34. The fourth-order valence-corrected chi connectivity index (χ4v) is 4.60. The van der Waals surface area contributed by atoms with Crippen LogP contribution in [0.4, 0.5) is 17.5 Å². The lowest BCUT2D eigenvalue weighted by Gasteiger charge is -2.40. The number of benzene rings is 1. The maximum absolute atomic E-state index is 13.3. The summed E-state index contributed by atoms with van der Waals surface area (Å²) in [4.78, 5) is 35.5. The third-order valence-corrected chi connectivity index (χ3v) is 6.84. The average Bonchev–Trinajstić information content (AvgIpc) is 2.88. The molecule has 0 radical (unpaired) electrons. The number of carbonyl (C=O) groups excluding carboxylic acids is 1. The molecule has 182 valence electrons. The van der Waals surface area contributed by atoms with Crippen LogP contribution in [0.2, 0.25) is 0 Å². The van der Waals surface area contributed by atoms with Crippen molar-refractivity contribution in [2.45, 2.75) is 12.6 Å². The number of pyridine rings is 1. The number of likely N-dealkylation sites (N-methyl/N-ethyl adjacent to an activating group) is 3. The first-order chi connectivity index (χ1) is 17.0. The van der Waals surface area contributed by atoms with Gasteiger partial charge in [-0.05, 0) is 42.9 Å². The molecular formula is C26H32N8O. The van der Waals surface area contributed by atoms with Crippen LogP contribution in [0.15, 0.2) is 54.9 Å². The molecule has 2 unspecified atom stereocenters. The lowest BCUT2D eigenvalue weighted by Crippen LogP contribution is -2.57. The van der Waals surface area contributed by atoms with E-state index in [9.17, 15) is 4.79 Å². The number of anilines is 3. The molecule has 3 aliphatic rings. The van der Waals surface area contributed by atoms with E-state index in [1.165, 1.54) is 5.56 Å². The maximum atomic E-state index is 13.3. The van der Waals surface area contributed by atoms with E-state index in [1.807, 2.05) is 62.6 Å². The highest BCUT2D eigenvalue weighted by molar-refractivity contribution is 5.82. The molecule has 0 aliphatic carbocycles. The van der Waals surface area contributed by atoms with Gasteiger partial charge in [-0.1, -0.05) is 12.1 Å². The van der Waals surface area contributed by atoms with E-state index in [4.69, 9.17) is 4.98 Å². The average molecular weight is 473 g/mol. The third kappa shape index (κ3) is 5.26. The predicted octanol–water partition coefficient (Wildman–Crippen LogP) is 2.31. The summed E-state index contributed by atoms with van der Waals surface area (Å²) in [5.41, 5.74) is 3.85. The SMILES string of the molecule is CN1CCN(C)c2ccc(cn2)-c2ccnc(n2)Nc2cccc(c2)CN2CCN(C)C(C2)C1=O. The zero-order valence-corrected chi connectivity index (χ0v) is 20.6. The molecule has 1 saturated heterocycles. The van der Waals surface area contributed by atoms with Crippen molar-refractivity contribution in [2.24, 2.45) is 0 Å². The second-order valence-corrected chi connectivity index (χ2v) is 9.41. The minimum Gasteiger partial charge on any atom is -0.358 e. The number of fused-ring (bicyclic) bond motifs is 6. The normalized spacial score (nSPS) is 21.5. The summed E-state index contributed by atoms with van der Waals surface area (Å²) in [7, 11) is 5.94. The number of hydrogen-bond donors (Lipinski definition) is 1. The monoisotopic (exact) mass is 472 g/mol. The Morgan fingerprint density at radius 3 is 2.63 bits per heavy atom. The van der Waals surface area contributed by atoms with Gasteiger partial charge in [-0.25, -0.2) is 15.0 Å². The number of carbonyl (C=O) groups is 1. The van der Waals surface area contributed by atoms with Gasteiger partial charge in [0.25, 0.3) is 0 Å². The van der Waals surface area contributed by atoms with E-state index in [0.29, 0.717) is 25.6 Å². The van der Waals surface area contributed by atoms with Crippen molar-refractivity contribution >= 4 is 23.4 Å². The number of amides is 1. The van der Waals surface area contributed by atoms with Crippen LogP contribution in [-0.2, 0) is 11.3 Å². The molecule has 6 rings (SSSR count). The summed E-state index contributed by atoms with van der Waals surface area (Å²) >= 11 is 0. The van der Waals surface area contributed by atoms with Gasteiger partial charge in [-0.15, -0.1) is 0 Å². The zero-order valence-electron chi connectivity index (χ0n) is 20.6. The Morgan fingerprint density at radius 1 is 0.943 bits per heavy atom. The van der Waals surface area contributed by atoms with Crippen LogP contribution in [0.3, 0.4) is 0 Å². The maximum Gasteiger partial charge on any atom is 0.241 e. The molecule has 3 aliphatic heterocycles. The van der Waals surface area contributed by atoms with Gasteiger partial charge in [0.05, 0.1) is 5.69 Å². The van der Waals surface area contributed by atoms with Crippen molar-refractivity contribution in [2.75, 3.05) is 64.1 Å². The van der Waals surface area contributed by atoms with Crippen molar-refractivity contribution in [1.82, 2.24) is 29.7 Å². The molecule has 1 fully saturated rings. The number of nitrogens with zero attached hydrogens (tertiary/aromatic N) is 7. The fraction of sp³-hybridized carbons (Fsp3) is 0.385. The number of piperazine rings is 1. The highest BCUT2D eigenvalue weighted by Crippen LogP contribution is 2.22. The molecule has 5 heterocycles. The minimum atomic E-state index is -0.153. The van der Waals surface area contributed by atoms with Gasteiger partial charge < -0.3 is 15.1 Å². The van der Waals surface area contributed by atoms with Gasteiger partial charge in [0.15, 0.2) is 0 Å². The predicted molar refractivity (Wildman–Crippen MR) is 138 cm³/mol. The van der Waals surface area contributed by atoms with Crippen LogP contribution in [0.1, 0.15) is 5.56 Å². The number of nitrogens with one attached hydrogen (secondary N) is 1. The largest absolute Gasteiger partial charge is 0.358 e. The fourth-order valence-electron chi connectivity index (χ4n) is 4.60.